The number of halogens is 2. The minimum absolute atomic E-state index is 0.0211. The zero-order chi connectivity index (χ0) is 27.0. The number of unbranched alkanes of at least 4 members (excludes halogenated alkanes) is 1. The van der Waals surface area contributed by atoms with E-state index in [0.29, 0.717) is 52.0 Å². The first-order valence-corrected chi connectivity index (χ1v) is 13.8. The van der Waals surface area contributed by atoms with E-state index in [9.17, 15) is 9.59 Å². The maximum absolute atomic E-state index is 13.9. The summed E-state index contributed by atoms with van der Waals surface area (Å²) in [5.41, 5.74) is 2.51. The number of anilines is 1. The van der Waals surface area contributed by atoms with Gasteiger partial charge in [0, 0.05) is 15.2 Å². The van der Waals surface area contributed by atoms with Crippen LogP contribution in [0.4, 0.5) is 5.69 Å². The second kappa shape index (κ2) is 10.8. The minimum atomic E-state index is -0.750. The summed E-state index contributed by atoms with van der Waals surface area (Å²) in [6.45, 7) is 6.90. The van der Waals surface area contributed by atoms with Gasteiger partial charge < -0.3 is 13.9 Å². The highest BCUT2D eigenvalue weighted by Crippen LogP contribution is 2.44. The van der Waals surface area contributed by atoms with Gasteiger partial charge in [-0.2, -0.15) is 0 Å². The van der Waals surface area contributed by atoms with Gasteiger partial charge in [0.05, 0.1) is 30.2 Å². The molecule has 5 rings (SSSR count). The van der Waals surface area contributed by atoms with Gasteiger partial charge in [-0.25, -0.2) is 0 Å². The van der Waals surface area contributed by atoms with Crippen LogP contribution in [0.5, 0.6) is 11.5 Å². The lowest BCUT2D eigenvalue weighted by atomic mass is 9.97. The third-order valence-corrected chi connectivity index (χ3v) is 7.51. The molecule has 38 heavy (non-hydrogen) atoms. The third-order valence-electron chi connectivity index (χ3n) is 6.60. The number of ether oxygens (including phenoxy) is 2. The lowest BCUT2D eigenvalue weighted by Gasteiger charge is -2.26. The summed E-state index contributed by atoms with van der Waals surface area (Å²) in [4.78, 5) is 29.4. The molecule has 1 unspecified atom stereocenters. The molecule has 1 amide bonds. The fraction of sp³-hybridized carbons (Fsp3) is 0.267. The Balaban J connectivity index is 1.73. The van der Waals surface area contributed by atoms with Crippen LogP contribution in [0.15, 0.2) is 68.3 Å². The van der Waals surface area contributed by atoms with Gasteiger partial charge in [0.25, 0.3) is 5.91 Å². The van der Waals surface area contributed by atoms with Crippen molar-refractivity contribution in [2.24, 2.45) is 0 Å². The third kappa shape index (κ3) is 4.69. The molecule has 0 saturated heterocycles. The fourth-order valence-corrected chi connectivity index (χ4v) is 5.20. The number of carbonyl (C=O) groups excluding carboxylic acids is 1. The number of amides is 1. The molecule has 0 spiro atoms. The Labute approximate surface area is 234 Å². The molecule has 1 atom stereocenters. The Morgan fingerprint density at radius 1 is 1.00 bits per heavy atom. The van der Waals surface area contributed by atoms with E-state index in [1.54, 1.807) is 29.2 Å². The summed E-state index contributed by atoms with van der Waals surface area (Å²) in [6.07, 6.45) is 1.93. The molecular formula is C30H27BrClNO5. The maximum Gasteiger partial charge on any atom is 0.295 e. The number of rotatable bonds is 8. The summed E-state index contributed by atoms with van der Waals surface area (Å²) >= 11 is 9.90. The average Bonchev–Trinajstić information content (AvgIpc) is 3.19. The number of hydrogen-bond acceptors (Lipinski definition) is 5. The lowest BCUT2D eigenvalue weighted by Crippen LogP contribution is -2.29. The van der Waals surface area contributed by atoms with Crippen molar-refractivity contribution in [2.45, 2.75) is 39.7 Å². The van der Waals surface area contributed by atoms with Crippen LogP contribution >= 0.6 is 27.5 Å². The quantitative estimate of drug-likeness (QED) is 0.194. The number of carbonyl (C=O) groups is 1. The van der Waals surface area contributed by atoms with Gasteiger partial charge in [0.15, 0.2) is 16.9 Å². The number of benzene rings is 3. The van der Waals surface area contributed by atoms with Crippen molar-refractivity contribution in [3.63, 3.8) is 0 Å². The van der Waals surface area contributed by atoms with Gasteiger partial charge in [0.2, 0.25) is 5.76 Å². The van der Waals surface area contributed by atoms with Crippen LogP contribution in [0.25, 0.3) is 11.0 Å². The summed E-state index contributed by atoms with van der Waals surface area (Å²) in [5.74, 6) is 0.783. The Morgan fingerprint density at radius 2 is 1.82 bits per heavy atom. The van der Waals surface area contributed by atoms with Gasteiger partial charge in [-0.05, 0) is 73.9 Å². The van der Waals surface area contributed by atoms with Crippen molar-refractivity contribution >= 4 is 50.1 Å². The van der Waals surface area contributed by atoms with Gasteiger partial charge in [-0.3, -0.25) is 14.5 Å². The van der Waals surface area contributed by atoms with Crippen LogP contribution < -0.4 is 19.8 Å². The maximum atomic E-state index is 13.9. The second-order valence-electron chi connectivity index (χ2n) is 9.17. The van der Waals surface area contributed by atoms with Crippen molar-refractivity contribution < 1.29 is 18.7 Å². The number of aryl methyl sites for hydroxylation is 1. The predicted molar refractivity (Wildman–Crippen MR) is 153 cm³/mol. The fourth-order valence-electron chi connectivity index (χ4n) is 4.67. The van der Waals surface area contributed by atoms with Crippen molar-refractivity contribution in [3.8, 4) is 11.5 Å². The molecule has 0 saturated carbocycles. The van der Waals surface area contributed by atoms with Crippen LogP contribution in [0.1, 0.15) is 60.0 Å². The van der Waals surface area contributed by atoms with E-state index in [-0.39, 0.29) is 16.8 Å². The summed E-state index contributed by atoms with van der Waals surface area (Å²) in [6, 6.07) is 15.4. The van der Waals surface area contributed by atoms with Crippen molar-refractivity contribution in [1.29, 1.82) is 0 Å². The molecule has 2 heterocycles. The Morgan fingerprint density at radius 3 is 2.55 bits per heavy atom. The molecule has 8 heteroatoms. The van der Waals surface area contributed by atoms with Gasteiger partial charge in [-0.15, -0.1) is 0 Å². The van der Waals surface area contributed by atoms with Crippen LogP contribution in [0, 0.1) is 6.92 Å². The van der Waals surface area contributed by atoms with Crippen LogP contribution in [-0.2, 0) is 0 Å². The predicted octanol–water partition coefficient (Wildman–Crippen LogP) is 7.84. The first-order valence-electron chi connectivity index (χ1n) is 12.6. The normalized spacial score (nSPS) is 14.7. The molecule has 3 aromatic carbocycles. The van der Waals surface area contributed by atoms with Crippen LogP contribution in [-0.4, -0.2) is 19.1 Å². The minimum Gasteiger partial charge on any atom is -0.490 e. The highest BCUT2D eigenvalue weighted by atomic mass is 79.9. The molecule has 4 aromatic rings. The molecule has 0 aliphatic carbocycles. The zero-order valence-electron chi connectivity index (χ0n) is 21.3. The van der Waals surface area contributed by atoms with E-state index < -0.39 is 11.9 Å². The lowest BCUT2D eigenvalue weighted by molar-refractivity contribution is 0.0971. The van der Waals surface area contributed by atoms with E-state index in [0.717, 1.165) is 22.9 Å². The smallest absolute Gasteiger partial charge is 0.295 e. The Kier molecular flexibility index (Phi) is 7.50. The number of nitrogens with zero attached hydrogens (tertiary/aromatic N) is 1. The highest BCUT2D eigenvalue weighted by molar-refractivity contribution is 9.10. The number of hydrogen-bond donors (Lipinski definition) is 0. The number of fused-ring (bicyclic) bond motifs is 2. The van der Waals surface area contributed by atoms with E-state index in [1.165, 1.54) is 0 Å². The van der Waals surface area contributed by atoms with Crippen molar-refractivity contribution in [2.75, 3.05) is 18.1 Å². The van der Waals surface area contributed by atoms with Gasteiger partial charge >= 0.3 is 0 Å². The summed E-state index contributed by atoms with van der Waals surface area (Å²) in [5, 5.41) is 0.914. The Hall–Kier alpha value is -3.29. The molecule has 0 N–H and O–H groups in total. The Bertz CT molecular complexity index is 1600. The average molecular weight is 597 g/mol. The topological polar surface area (TPSA) is 69.0 Å². The zero-order valence-corrected chi connectivity index (χ0v) is 23.7. The van der Waals surface area contributed by atoms with E-state index in [2.05, 4.69) is 22.9 Å². The van der Waals surface area contributed by atoms with Crippen LogP contribution in [0.3, 0.4) is 0 Å². The molecule has 0 radical (unpaired) electrons. The molecule has 1 aliphatic heterocycles. The first kappa shape index (κ1) is 26.3. The van der Waals surface area contributed by atoms with Crippen LogP contribution in [0.2, 0.25) is 5.02 Å². The summed E-state index contributed by atoms with van der Waals surface area (Å²) < 4.78 is 18.7. The molecule has 1 aromatic heterocycles. The molecular weight excluding hydrogens is 570 g/mol. The second-order valence-corrected chi connectivity index (χ2v) is 10.5. The SMILES string of the molecule is CCCCOc1ccc(C2c3c(oc4ccc(Br)cc4c3=O)C(=O)N2c2ccc(C)c(Cl)c2)cc1OCC. The summed E-state index contributed by atoms with van der Waals surface area (Å²) in [7, 11) is 0. The van der Waals surface area contributed by atoms with Gasteiger partial charge in [-0.1, -0.05) is 53.0 Å². The molecule has 0 fully saturated rings. The van der Waals surface area contributed by atoms with E-state index >= 15 is 0 Å². The standard InChI is InChI=1S/C30H27BrClNO5/c1-4-6-13-37-24-11-8-18(14-25(24)36-5-2)27-26-28(34)21-15-19(31)9-12-23(21)38-29(26)30(35)33(27)20-10-7-17(3)22(32)16-20/h7-12,14-16,27H,4-6,13H2,1-3H3. The molecule has 196 valence electrons. The largest absolute Gasteiger partial charge is 0.490 e. The molecule has 0 bridgehead atoms. The molecule has 6 nitrogen and oxygen atoms in total. The first-order chi connectivity index (χ1) is 18.3. The van der Waals surface area contributed by atoms with E-state index in [4.69, 9.17) is 25.5 Å². The monoisotopic (exact) mass is 595 g/mol. The van der Waals surface area contributed by atoms with Gasteiger partial charge in [0.1, 0.15) is 5.58 Å². The van der Waals surface area contributed by atoms with Crippen molar-refractivity contribution in [1.82, 2.24) is 0 Å². The van der Waals surface area contributed by atoms with Crippen molar-refractivity contribution in [3.05, 3.63) is 96.8 Å². The highest BCUT2D eigenvalue weighted by Gasteiger charge is 2.44. The van der Waals surface area contributed by atoms with E-state index in [1.807, 2.05) is 44.2 Å². The molecule has 1 aliphatic rings.